The maximum absolute atomic E-state index is 11.9. The first kappa shape index (κ1) is 15.3. The van der Waals surface area contributed by atoms with Crippen LogP contribution in [-0.4, -0.2) is 39.0 Å². The minimum absolute atomic E-state index is 0.0233. The van der Waals surface area contributed by atoms with Gasteiger partial charge in [0.15, 0.2) is 9.84 Å². The molecule has 1 saturated heterocycles. The van der Waals surface area contributed by atoms with E-state index in [1.165, 1.54) is 17.5 Å². The molecule has 5 nitrogen and oxygen atoms in total. The lowest BCUT2D eigenvalue weighted by molar-refractivity contribution is -0.124. The van der Waals surface area contributed by atoms with Gasteiger partial charge in [0.25, 0.3) is 0 Å². The van der Waals surface area contributed by atoms with Crippen molar-refractivity contribution in [3.8, 4) is 5.75 Å². The molecule has 1 atom stereocenters. The highest BCUT2D eigenvalue weighted by molar-refractivity contribution is 7.91. The molecule has 0 unspecified atom stereocenters. The standard InChI is InChI=1S/C16H21NO4S/c18-16(14-6-9-22(19,20)11-14)17-7-8-21-15-5-4-12-2-1-3-13(12)10-15/h4-5,10,14H,1-3,6-9,11H2,(H,17,18)/t14-/m0/s1. The summed E-state index contributed by atoms with van der Waals surface area (Å²) >= 11 is 0. The normalized spacial score (nSPS) is 22.3. The van der Waals surface area contributed by atoms with Crippen LogP contribution in [0.15, 0.2) is 18.2 Å². The summed E-state index contributed by atoms with van der Waals surface area (Å²) in [6.45, 7) is 0.788. The monoisotopic (exact) mass is 323 g/mol. The van der Waals surface area contributed by atoms with Crippen LogP contribution < -0.4 is 10.1 Å². The van der Waals surface area contributed by atoms with Crippen LogP contribution in [0.25, 0.3) is 0 Å². The van der Waals surface area contributed by atoms with E-state index in [9.17, 15) is 13.2 Å². The lowest BCUT2D eigenvalue weighted by Gasteiger charge is -2.11. The van der Waals surface area contributed by atoms with Gasteiger partial charge in [-0.3, -0.25) is 4.79 Å². The van der Waals surface area contributed by atoms with Gasteiger partial charge in [0.05, 0.1) is 24.0 Å². The van der Waals surface area contributed by atoms with Crippen LogP contribution in [0.5, 0.6) is 5.75 Å². The molecule has 0 aromatic heterocycles. The van der Waals surface area contributed by atoms with Gasteiger partial charge in [0, 0.05) is 0 Å². The Balaban J connectivity index is 1.41. The first-order chi connectivity index (χ1) is 10.5. The molecule has 1 N–H and O–H groups in total. The summed E-state index contributed by atoms with van der Waals surface area (Å²) in [6, 6.07) is 6.16. The van der Waals surface area contributed by atoms with Crippen molar-refractivity contribution in [2.45, 2.75) is 25.7 Å². The van der Waals surface area contributed by atoms with Crippen LogP contribution in [0.4, 0.5) is 0 Å². The second kappa shape index (κ2) is 6.28. The number of hydrogen-bond donors (Lipinski definition) is 1. The number of sulfone groups is 1. The number of nitrogens with one attached hydrogen (secondary N) is 1. The zero-order valence-electron chi connectivity index (χ0n) is 12.5. The Bertz CT molecular complexity index is 669. The molecule has 0 spiro atoms. The highest BCUT2D eigenvalue weighted by atomic mass is 32.2. The fourth-order valence-electron chi connectivity index (χ4n) is 3.13. The number of rotatable bonds is 5. The molecule has 1 aromatic rings. The summed E-state index contributed by atoms with van der Waals surface area (Å²) in [5.74, 6) is 0.350. The SMILES string of the molecule is O=C(NCCOc1ccc2c(c1)CCC2)[C@H]1CCS(=O)(=O)C1. The van der Waals surface area contributed by atoms with Crippen LogP contribution in [0.1, 0.15) is 24.0 Å². The summed E-state index contributed by atoms with van der Waals surface area (Å²) in [5.41, 5.74) is 2.76. The summed E-state index contributed by atoms with van der Waals surface area (Å²) in [7, 11) is -3.01. The Kier molecular flexibility index (Phi) is 4.38. The van der Waals surface area contributed by atoms with E-state index in [-0.39, 0.29) is 17.4 Å². The predicted molar refractivity (Wildman–Crippen MR) is 83.7 cm³/mol. The van der Waals surface area contributed by atoms with Crippen LogP contribution in [0.2, 0.25) is 0 Å². The van der Waals surface area contributed by atoms with Gasteiger partial charge >= 0.3 is 0 Å². The van der Waals surface area contributed by atoms with Gasteiger partial charge < -0.3 is 10.1 Å². The van der Waals surface area contributed by atoms with Crippen LogP contribution in [0.3, 0.4) is 0 Å². The van der Waals surface area contributed by atoms with Crippen molar-refractivity contribution in [3.05, 3.63) is 29.3 Å². The number of amides is 1. The molecular formula is C16H21NO4S. The van der Waals surface area contributed by atoms with E-state index < -0.39 is 15.8 Å². The molecule has 1 heterocycles. The zero-order valence-corrected chi connectivity index (χ0v) is 13.3. The van der Waals surface area contributed by atoms with Crippen LogP contribution in [-0.2, 0) is 27.5 Å². The summed E-state index contributed by atoms with van der Waals surface area (Å²) < 4.78 is 28.3. The number of aryl methyl sites for hydroxylation is 2. The van der Waals surface area contributed by atoms with Gasteiger partial charge in [-0.05, 0) is 48.9 Å². The van der Waals surface area contributed by atoms with Crippen molar-refractivity contribution in [1.82, 2.24) is 5.32 Å². The van der Waals surface area contributed by atoms with Crippen molar-refractivity contribution in [2.24, 2.45) is 5.92 Å². The first-order valence-electron chi connectivity index (χ1n) is 7.76. The van der Waals surface area contributed by atoms with E-state index in [0.717, 1.165) is 18.6 Å². The van der Waals surface area contributed by atoms with Crippen molar-refractivity contribution >= 4 is 15.7 Å². The molecule has 1 fully saturated rings. The van der Waals surface area contributed by atoms with Crippen molar-refractivity contribution in [2.75, 3.05) is 24.7 Å². The van der Waals surface area contributed by atoms with Crippen molar-refractivity contribution in [1.29, 1.82) is 0 Å². The maximum Gasteiger partial charge on any atom is 0.224 e. The predicted octanol–water partition coefficient (Wildman–Crippen LogP) is 1.10. The minimum Gasteiger partial charge on any atom is -0.492 e. The molecule has 120 valence electrons. The van der Waals surface area contributed by atoms with E-state index in [0.29, 0.717) is 19.6 Å². The van der Waals surface area contributed by atoms with E-state index in [1.54, 1.807) is 0 Å². The smallest absolute Gasteiger partial charge is 0.224 e. The summed E-state index contributed by atoms with van der Waals surface area (Å²) in [5, 5.41) is 2.76. The molecule has 0 saturated carbocycles. The van der Waals surface area contributed by atoms with Gasteiger partial charge in [0.1, 0.15) is 12.4 Å². The molecule has 0 bridgehead atoms. The average Bonchev–Trinajstić information content (AvgIpc) is 3.08. The van der Waals surface area contributed by atoms with E-state index in [1.807, 2.05) is 6.07 Å². The lowest BCUT2D eigenvalue weighted by atomic mass is 10.1. The average molecular weight is 323 g/mol. The van der Waals surface area contributed by atoms with Gasteiger partial charge in [-0.1, -0.05) is 6.07 Å². The fourth-order valence-corrected chi connectivity index (χ4v) is 4.87. The molecule has 3 rings (SSSR count). The maximum atomic E-state index is 11.9. The Labute approximate surface area is 131 Å². The van der Waals surface area contributed by atoms with Crippen LogP contribution in [0, 0.1) is 5.92 Å². The van der Waals surface area contributed by atoms with Gasteiger partial charge in [0.2, 0.25) is 5.91 Å². The molecule has 22 heavy (non-hydrogen) atoms. The Morgan fingerprint density at radius 1 is 1.27 bits per heavy atom. The Hall–Kier alpha value is -1.56. The summed E-state index contributed by atoms with van der Waals surface area (Å²) in [6.07, 6.45) is 3.90. The third-order valence-electron chi connectivity index (χ3n) is 4.34. The number of fused-ring (bicyclic) bond motifs is 1. The van der Waals surface area contributed by atoms with Gasteiger partial charge in [-0.25, -0.2) is 8.42 Å². The second-order valence-electron chi connectivity index (χ2n) is 6.02. The third-order valence-corrected chi connectivity index (χ3v) is 6.11. The number of carbonyl (C=O) groups excluding carboxylic acids is 1. The number of ether oxygens (including phenoxy) is 1. The molecule has 0 radical (unpaired) electrons. The van der Waals surface area contributed by atoms with Crippen LogP contribution >= 0.6 is 0 Å². The lowest BCUT2D eigenvalue weighted by Crippen LogP contribution is -2.34. The van der Waals surface area contributed by atoms with Crippen molar-refractivity contribution in [3.63, 3.8) is 0 Å². The number of carbonyl (C=O) groups is 1. The zero-order chi connectivity index (χ0) is 15.6. The van der Waals surface area contributed by atoms with E-state index >= 15 is 0 Å². The molecule has 1 aliphatic carbocycles. The first-order valence-corrected chi connectivity index (χ1v) is 9.58. The number of benzene rings is 1. The Morgan fingerprint density at radius 2 is 2.09 bits per heavy atom. The molecule has 1 amide bonds. The molecular weight excluding hydrogens is 302 g/mol. The molecule has 2 aliphatic rings. The van der Waals surface area contributed by atoms with Crippen molar-refractivity contribution < 1.29 is 17.9 Å². The quantitative estimate of drug-likeness (QED) is 0.824. The molecule has 1 aliphatic heterocycles. The molecule has 6 heteroatoms. The number of hydrogen-bond acceptors (Lipinski definition) is 4. The summed E-state index contributed by atoms with van der Waals surface area (Å²) in [4.78, 5) is 11.9. The minimum atomic E-state index is -3.01. The Morgan fingerprint density at radius 3 is 2.86 bits per heavy atom. The fraction of sp³-hybridized carbons (Fsp3) is 0.562. The highest BCUT2D eigenvalue weighted by Gasteiger charge is 2.32. The largest absolute Gasteiger partial charge is 0.492 e. The third kappa shape index (κ3) is 3.61. The van der Waals surface area contributed by atoms with E-state index in [2.05, 4.69) is 17.4 Å². The second-order valence-corrected chi connectivity index (χ2v) is 8.25. The molecule has 1 aromatic carbocycles. The van der Waals surface area contributed by atoms with Gasteiger partial charge in [-0.2, -0.15) is 0 Å². The van der Waals surface area contributed by atoms with Gasteiger partial charge in [-0.15, -0.1) is 0 Å². The van der Waals surface area contributed by atoms with E-state index in [4.69, 9.17) is 4.74 Å². The highest BCUT2D eigenvalue weighted by Crippen LogP contribution is 2.25. The topological polar surface area (TPSA) is 72.5 Å².